The summed E-state index contributed by atoms with van der Waals surface area (Å²) in [5.41, 5.74) is 0.808. The third-order valence-corrected chi connectivity index (χ3v) is 4.98. The maximum Gasteiger partial charge on any atom is 0.126 e. The quantitative estimate of drug-likeness (QED) is 0.746. The van der Waals surface area contributed by atoms with E-state index in [0.717, 1.165) is 35.0 Å². The molecule has 1 aromatic rings. The highest BCUT2D eigenvalue weighted by Crippen LogP contribution is 2.45. The van der Waals surface area contributed by atoms with Crippen molar-refractivity contribution in [3.8, 4) is 5.75 Å². The molecule has 19 heavy (non-hydrogen) atoms. The molecule has 1 atom stereocenters. The molecule has 1 spiro atoms. The summed E-state index contributed by atoms with van der Waals surface area (Å²) in [5, 5.41) is 10.5. The fraction of sp³-hybridized carbons (Fsp3) is 0.625. The van der Waals surface area contributed by atoms with Crippen molar-refractivity contribution in [2.45, 2.75) is 63.1 Å². The number of halogens is 1. The third kappa shape index (κ3) is 2.82. The minimum Gasteiger partial charge on any atom is -0.487 e. The van der Waals surface area contributed by atoms with Crippen LogP contribution in [0.2, 0.25) is 0 Å². The predicted octanol–water partition coefficient (Wildman–Crippen LogP) is 4.75. The zero-order valence-electron chi connectivity index (χ0n) is 11.2. The zero-order chi connectivity index (χ0) is 13.3. The Kier molecular flexibility index (Phi) is 3.86. The van der Waals surface area contributed by atoms with E-state index >= 15 is 0 Å². The molecule has 0 amide bonds. The Morgan fingerprint density at radius 3 is 2.53 bits per heavy atom. The van der Waals surface area contributed by atoms with Gasteiger partial charge in [-0.2, -0.15) is 0 Å². The highest BCUT2D eigenvalue weighted by atomic mass is 79.9. The van der Waals surface area contributed by atoms with Gasteiger partial charge in [-0.1, -0.05) is 35.2 Å². The van der Waals surface area contributed by atoms with Gasteiger partial charge in [0.15, 0.2) is 0 Å². The second-order valence-corrected chi connectivity index (χ2v) is 6.87. The summed E-state index contributed by atoms with van der Waals surface area (Å²) >= 11 is 3.46. The molecule has 1 aromatic carbocycles. The standard InChI is InChI=1S/C16H21BrO2/c17-12-6-7-15-13(10-12)14(18)11-16(19-15)8-4-2-1-3-5-9-16/h6-7,10,14,18H,1-5,8-9,11H2. The highest BCUT2D eigenvalue weighted by molar-refractivity contribution is 9.10. The number of aliphatic hydroxyl groups excluding tert-OH is 1. The van der Waals surface area contributed by atoms with Crippen LogP contribution in [0.5, 0.6) is 5.75 Å². The third-order valence-electron chi connectivity index (χ3n) is 4.49. The van der Waals surface area contributed by atoms with Crippen LogP contribution in [0.25, 0.3) is 0 Å². The minimum atomic E-state index is -0.388. The Labute approximate surface area is 123 Å². The van der Waals surface area contributed by atoms with E-state index in [-0.39, 0.29) is 11.7 Å². The number of ether oxygens (including phenoxy) is 1. The molecule has 0 aromatic heterocycles. The van der Waals surface area contributed by atoms with E-state index in [1.165, 1.54) is 32.1 Å². The Balaban J connectivity index is 1.88. The molecule has 1 unspecified atom stereocenters. The van der Waals surface area contributed by atoms with Crippen LogP contribution >= 0.6 is 15.9 Å². The fourth-order valence-electron chi connectivity index (χ4n) is 3.47. The monoisotopic (exact) mass is 324 g/mol. The first-order chi connectivity index (χ1) is 9.19. The maximum atomic E-state index is 10.5. The van der Waals surface area contributed by atoms with Crippen LogP contribution in [-0.4, -0.2) is 10.7 Å². The summed E-state index contributed by atoms with van der Waals surface area (Å²) in [6.45, 7) is 0. The molecule has 2 aliphatic rings. The predicted molar refractivity (Wildman–Crippen MR) is 79.4 cm³/mol. The van der Waals surface area contributed by atoms with E-state index in [1.54, 1.807) is 0 Å². The Bertz CT molecular complexity index is 450. The van der Waals surface area contributed by atoms with E-state index in [2.05, 4.69) is 15.9 Å². The molecule has 3 heteroatoms. The van der Waals surface area contributed by atoms with Gasteiger partial charge in [0.25, 0.3) is 0 Å². The van der Waals surface area contributed by atoms with Crippen molar-refractivity contribution in [1.29, 1.82) is 0 Å². The van der Waals surface area contributed by atoms with Gasteiger partial charge in [-0.05, 0) is 43.9 Å². The van der Waals surface area contributed by atoms with Crippen molar-refractivity contribution >= 4 is 15.9 Å². The molecule has 1 fully saturated rings. The van der Waals surface area contributed by atoms with E-state index in [0.29, 0.717) is 0 Å². The van der Waals surface area contributed by atoms with Crippen LogP contribution in [0.3, 0.4) is 0 Å². The molecule has 1 saturated carbocycles. The molecule has 1 aliphatic heterocycles. The molecule has 0 saturated heterocycles. The Morgan fingerprint density at radius 2 is 1.79 bits per heavy atom. The smallest absolute Gasteiger partial charge is 0.126 e. The van der Waals surface area contributed by atoms with Gasteiger partial charge in [-0.25, -0.2) is 0 Å². The second-order valence-electron chi connectivity index (χ2n) is 5.95. The lowest BCUT2D eigenvalue weighted by Gasteiger charge is -2.42. The van der Waals surface area contributed by atoms with Gasteiger partial charge < -0.3 is 9.84 Å². The van der Waals surface area contributed by atoms with E-state index in [1.807, 2.05) is 18.2 Å². The molecule has 1 aliphatic carbocycles. The summed E-state index contributed by atoms with van der Waals surface area (Å²) in [6, 6.07) is 5.96. The van der Waals surface area contributed by atoms with Crippen molar-refractivity contribution in [2.75, 3.05) is 0 Å². The molecule has 0 radical (unpaired) electrons. The van der Waals surface area contributed by atoms with Crippen molar-refractivity contribution in [2.24, 2.45) is 0 Å². The molecule has 1 N–H and O–H groups in total. The molecule has 2 nitrogen and oxygen atoms in total. The fourth-order valence-corrected chi connectivity index (χ4v) is 3.84. The van der Waals surface area contributed by atoms with Gasteiger partial charge in [-0.3, -0.25) is 0 Å². The minimum absolute atomic E-state index is 0.124. The van der Waals surface area contributed by atoms with Crippen molar-refractivity contribution < 1.29 is 9.84 Å². The number of fused-ring (bicyclic) bond motifs is 1. The summed E-state index contributed by atoms with van der Waals surface area (Å²) in [4.78, 5) is 0. The van der Waals surface area contributed by atoms with Crippen molar-refractivity contribution in [3.63, 3.8) is 0 Å². The first kappa shape index (κ1) is 13.4. The summed E-state index contributed by atoms with van der Waals surface area (Å²) in [5.74, 6) is 0.877. The summed E-state index contributed by atoms with van der Waals surface area (Å²) in [7, 11) is 0. The number of hydrogen-bond acceptors (Lipinski definition) is 2. The van der Waals surface area contributed by atoms with Crippen LogP contribution in [-0.2, 0) is 0 Å². The normalized spacial score (nSPS) is 26.1. The lowest BCUT2D eigenvalue weighted by atomic mass is 9.79. The molecular weight excluding hydrogens is 304 g/mol. The zero-order valence-corrected chi connectivity index (χ0v) is 12.8. The Morgan fingerprint density at radius 1 is 1.11 bits per heavy atom. The maximum absolute atomic E-state index is 10.5. The van der Waals surface area contributed by atoms with Crippen LogP contribution in [0.15, 0.2) is 22.7 Å². The van der Waals surface area contributed by atoms with E-state index in [9.17, 15) is 5.11 Å². The van der Waals surface area contributed by atoms with Crippen LogP contribution in [0, 0.1) is 0 Å². The largest absolute Gasteiger partial charge is 0.487 e. The van der Waals surface area contributed by atoms with Gasteiger partial charge in [0.2, 0.25) is 0 Å². The number of aliphatic hydroxyl groups is 1. The van der Waals surface area contributed by atoms with Gasteiger partial charge in [0.1, 0.15) is 11.4 Å². The van der Waals surface area contributed by atoms with Crippen LogP contribution in [0.4, 0.5) is 0 Å². The molecule has 104 valence electrons. The van der Waals surface area contributed by atoms with Gasteiger partial charge in [0, 0.05) is 16.5 Å². The number of benzene rings is 1. The molecule has 1 heterocycles. The van der Waals surface area contributed by atoms with Crippen molar-refractivity contribution in [3.05, 3.63) is 28.2 Å². The topological polar surface area (TPSA) is 29.5 Å². The summed E-state index contributed by atoms with van der Waals surface area (Å²) < 4.78 is 7.34. The highest BCUT2D eigenvalue weighted by Gasteiger charge is 2.40. The Hall–Kier alpha value is -0.540. The molecule has 3 rings (SSSR count). The van der Waals surface area contributed by atoms with Gasteiger partial charge in [-0.15, -0.1) is 0 Å². The van der Waals surface area contributed by atoms with Crippen LogP contribution < -0.4 is 4.74 Å². The average Bonchev–Trinajstić information content (AvgIpc) is 2.36. The molecule has 0 bridgehead atoms. The van der Waals surface area contributed by atoms with E-state index < -0.39 is 0 Å². The lowest BCUT2D eigenvalue weighted by Crippen LogP contribution is -2.41. The first-order valence-electron chi connectivity index (χ1n) is 7.35. The van der Waals surface area contributed by atoms with Gasteiger partial charge in [0.05, 0.1) is 6.10 Å². The van der Waals surface area contributed by atoms with Crippen LogP contribution in [0.1, 0.15) is 63.0 Å². The summed E-state index contributed by atoms with van der Waals surface area (Å²) in [6.07, 6.45) is 8.92. The number of hydrogen-bond donors (Lipinski definition) is 1. The molecular formula is C16H21BrO2. The SMILES string of the molecule is OC1CC2(CCCCCCC2)Oc2ccc(Br)cc21. The first-order valence-corrected chi connectivity index (χ1v) is 8.14. The van der Waals surface area contributed by atoms with Crippen molar-refractivity contribution in [1.82, 2.24) is 0 Å². The second kappa shape index (κ2) is 5.45. The average molecular weight is 325 g/mol. The lowest BCUT2D eigenvalue weighted by molar-refractivity contribution is -0.0313. The number of rotatable bonds is 0. The van der Waals surface area contributed by atoms with E-state index in [4.69, 9.17) is 4.74 Å². The van der Waals surface area contributed by atoms with Gasteiger partial charge >= 0.3 is 0 Å².